The Labute approximate surface area is 112 Å². The number of rotatable bonds is 6. The third kappa shape index (κ3) is 3.62. The summed E-state index contributed by atoms with van der Waals surface area (Å²) in [6.45, 7) is 4.77. The number of primary amides is 1. The van der Waals surface area contributed by atoms with Crippen LogP contribution < -0.4 is 11.1 Å². The summed E-state index contributed by atoms with van der Waals surface area (Å²) in [4.78, 5) is 11.0. The first-order chi connectivity index (χ1) is 8.41. The molecule has 1 amide bonds. The molecule has 4 nitrogen and oxygen atoms in total. The second kappa shape index (κ2) is 6.07. The number of carbonyl (C=O) groups excluding carboxylic acids is 1. The minimum atomic E-state index is -0.541. The van der Waals surface area contributed by atoms with Crippen molar-refractivity contribution < 1.29 is 9.90 Å². The van der Waals surface area contributed by atoms with Gasteiger partial charge in [0.2, 0.25) is 5.91 Å². The van der Waals surface area contributed by atoms with Crippen LogP contribution >= 0.6 is 11.6 Å². The van der Waals surface area contributed by atoms with Crippen molar-refractivity contribution >= 4 is 23.2 Å². The monoisotopic (exact) mass is 270 g/mol. The van der Waals surface area contributed by atoms with E-state index in [2.05, 4.69) is 5.32 Å². The molecule has 1 aromatic rings. The van der Waals surface area contributed by atoms with Gasteiger partial charge in [0.05, 0.1) is 17.2 Å². The Morgan fingerprint density at radius 2 is 2.22 bits per heavy atom. The molecular formula is C13H19ClN2O2. The summed E-state index contributed by atoms with van der Waals surface area (Å²) < 4.78 is 0. The number of benzene rings is 1. The Morgan fingerprint density at radius 3 is 2.67 bits per heavy atom. The van der Waals surface area contributed by atoms with Gasteiger partial charge in [-0.3, -0.25) is 4.79 Å². The molecule has 0 aliphatic heterocycles. The van der Waals surface area contributed by atoms with Crippen molar-refractivity contribution in [1.29, 1.82) is 0 Å². The zero-order valence-electron chi connectivity index (χ0n) is 10.7. The molecule has 0 spiro atoms. The molecule has 0 bridgehead atoms. The second-order valence-electron chi connectivity index (χ2n) is 4.73. The maximum absolute atomic E-state index is 11.0. The van der Waals surface area contributed by atoms with E-state index < -0.39 is 5.91 Å². The van der Waals surface area contributed by atoms with Gasteiger partial charge < -0.3 is 16.2 Å². The van der Waals surface area contributed by atoms with Gasteiger partial charge in [0.25, 0.3) is 0 Å². The summed E-state index contributed by atoms with van der Waals surface area (Å²) in [6.07, 6.45) is 0.865. The normalized spacial score (nSPS) is 14.0. The predicted octanol–water partition coefficient (Wildman–Crippen LogP) is 2.26. The fraction of sp³-hybridized carbons (Fsp3) is 0.462. The highest BCUT2D eigenvalue weighted by atomic mass is 35.5. The van der Waals surface area contributed by atoms with Gasteiger partial charge in [-0.15, -0.1) is 0 Å². The summed E-state index contributed by atoms with van der Waals surface area (Å²) in [5, 5.41) is 12.8. The van der Waals surface area contributed by atoms with Crippen molar-refractivity contribution in [3.8, 4) is 0 Å². The summed E-state index contributed by atoms with van der Waals surface area (Å²) in [5.74, 6) is -0.541. The van der Waals surface area contributed by atoms with Crippen molar-refractivity contribution in [3.05, 3.63) is 28.8 Å². The van der Waals surface area contributed by atoms with E-state index in [0.29, 0.717) is 17.1 Å². The van der Waals surface area contributed by atoms with Gasteiger partial charge in [0.1, 0.15) is 0 Å². The van der Waals surface area contributed by atoms with Crippen molar-refractivity contribution in [2.75, 3.05) is 18.5 Å². The highest BCUT2D eigenvalue weighted by Crippen LogP contribution is 2.24. The number of hydrogen-bond donors (Lipinski definition) is 3. The van der Waals surface area contributed by atoms with Crippen molar-refractivity contribution in [2.45, 2.75) is 20.3 Å². The number of carbonyl (C=O) groups is 1. The molecule has 100 valence electrons. The molecule has 1 aromatic carbocycles. The van der Waals surface area contributed by atoms with E-state index >= 15 is 0 Å². The lowest BCUT2D eigenvalue weighted by Gasteiger charge is -2.26. The fourth-order valence-electron chi connectivity index (χ4n) is 1.43. The van der Waals surface area contributed by atoms with Crippen LogP contribution in [0.5, 0.6) is 0 Å². The average molecular weight is 271 g/mol. The molecule has 0 aromatic heterocycles. The van der Waals surface area contributed by atoms with Crippen molar-refractivity contribution in [1.82, 2.24) is 0 Å². The first kappa shape index (κ1) is 14.8. The minimum absolute atomic E-state index is 0.115. The van der Waals surface area contributed by atoms with Crippen molar-refractivity contribution in [2.24, 2.45) is 11.1 Å². The summed E-state index contributed by atoms with van der Waals surface area (Å²) in [6, 6.07) is 5.00. The lowest BCUT2D eigenvalue weighted by Crippen LogP contribution is -2.29. The van der Waals surface area contributed by atoms with Crippen LogP contribution in [0.25, 0.3) is 0 Å². The molecule has 0 heterocycles. The fourth-order valence-corrected chi connectivity index (χ4v) is 1.71. The van der Waals surface area contributed by atoms with Gasteiger partial charge in [0, 0.05) is 17.6 Å². The molecule has 0 aliphatic carbocycles. The van der Waals surface area contributed by atoms with E-state index in [4.69, 9.17) is 17.3 Å². The third-order valence-corrected chi connectivity index (χ3v) is 3.50. The molecule has 0 radical (unpaired) electrons. The molecule has 0 saturated heterocycles. The molecular weight excluding hydrogens is 252 g/mol. The number of hydrogen-bond acceptors (Lipinski definition) is 3. The Bertz CT molecular complexity index is 431. The van der Waals surface area contributed by atoms with Crippen LogP contribution in [0.3, 0.4) is 0 Å². The third-order valence-electron chi connectivity index (χ3n) is 3.19. The van der Waals surface area contributed by atoms with Crippen LogP contribution in [0.2, 0.25) is 5.02 Å². The van der Waals surface area contributed by atoms with Crippen LogP contribution in [-0.2, 0) is 0 Å². The SMILES string of the molecule is CCC(C)(CO)CNc1ccc(C(N)=O)c(Cl)c1. The van der Waals surface area contributed by atoms with Crippen LogP contribution in [0.1, 0.15) is 30.6 Å². The predicted molar refractivity (Wildman–Crippen MR) is 73.9 cm³/mol. The summed E-state index contributed by atoms with van der Waals surface area (Å²) in [5.41, 5.74) is 6.11. The molecule has 1 unspecified atom stereocenters. The van der Waals surface area contributed by atoms with Crippen LogP contribution in [0, 0.1) is 5.41 Å². The molecule has 5 heteroatoms. The molecule has 1 atom stereocenters. The minimum Gasteiger partial charge on any atom is -0.396 e. The van der Waals surface area contributed by atoms with E-state index in [1.54, 1.807) is 18.2 Å². The average Bonchev–Trinajstić information content (AvgIpc) is 2.35. The number of anilines is 1. The Kier molecular flexibility index (Phi) is 4.99. The molecule has 4 N–H and O–H groups in total. The number of aliphatic hydroxyl groups is 1. The first-order valence-corrected chi connectivity index (χ1v) is 6.24. The lowest BCUT2D eigenvalue weighted by atomic mass is 9.88. The van der Waals surface area contributed by atoms with Crippen LogP contribution in [-0.4, -0.2) is 24.2 Å². The molecule has 0 saturated carbocycles. The summed E-state index contributed by atoms with van der Waals surface area (Å²) in [7, 11) is 0. The van der Waals surface area contributed by atoms with E-state index in [9.17, 15) is 9.90 Å². The number of aliphatic hydroxyl groups excluding tert-OH is 1. The topological polar surface area (TPSA) is 75.3 Å². The van der Waals surface area contributed by atoms with E-state index in [-0.39, 0.29) is 12.0 Å². The zero-order chi connectivity index (χ0) is 13.8. The van der Waals surface area contributed by atoms with Gasteiger partial charge in [-0.1, -0.05) is 25.4 Å². The van der Waals surface area contributed by atoms with Gasteiger partial charge in [-0.25, -0.2) is 0 Å². The van der Waals surface area contributed by atoms with Gasteiger partial charge in [-0.2, -0.15) is 0 Å². The smallest absolute Gasteiger partial charge is 0.250 e. The maximum Gasteiger partial charge on any atom is 0.250 e. The Hall–Kier alpha value is -1.26. The first-order valence-electron chi connectivity index (χ1n) is 5.86. The Balaban J connectivity index is 2.75. The molecule has 1 rings (SSSR count). The maximum atomic E-state index is 11.0. The standard InChI is InChI=1S/C13H19ClN2O2/c1-3-13(2,8-17)7-16-9-4-5-10(12(15)18)11(14)6-9/h4-6,16-17H,3,7-8H2,1-2H3,(H2,15,18). The van der Waals surface area contributed by atoms with E-state index in [1.807, 2.05) is 13.8 Å². The van der Waals surface area contributed by atoms with Crippen molar-refractivity contribution in [3.63, 3.8) is 0 Å². The number of amides is 1. The molecule has 0 aliphatic rings. The van der Waals surface area contributed by atoms with Gasteiger partial charge in [-0.05, 0) is 24.6 Å². The largest absolute Gasteiger partial charge is 0.396 e. The molecule has 0 fully saturated rings. The zero-order valence-corrected chi connectivity index (χ0v) is 11.4. The number of halogens is 1. The summed E-state index contributed by atoms with van der Waals surface area (Å²) >= 11 is 5.95. The quantitative estimate of drug-likeness (QED) is 0.742. The number of nitrogens with one attached hydrogen (secondary N) is 1. The van der Waals surface area contributed by atoms with E-state index in [0.717, 1.165) is 12.1 Å². The highest BCUT2D eigenvalue weighted by molar-refractivity contribution is 6.34. The second-order valence-corrected chi connectivity index (χ2v) is 5.14. The van der Waals surface area contributed by atoms with E-state index in [1.165, 1.54) is 0 Å². The Morgan fingerprint density at radius 1 is 1.56 bits per heavy atom. The van der Waals surface area contributed by atoms with Gasteiger partial charge >= 0.3 is 0 Å². The van der Waals surface area contributed by atoms with Crippen LogP contribution in [0.15, 0.2) is 18.2 Å². The molecule has 18 heavy (non-hydrogen) atoms. The number of nitrogens with two attached hydrogens (primary N) is 1. The lowest BCUT2D eigenvalue weighted by molar-refractivity contribution is 0.100. The highest BCUT2D eigenvalue weighted by Gasteiger charge is 2.20. The van der Waals surface area contributed by atoms with Crippen LogP contribution in [0.4, 0.5) is 5.69 Å². The van der Waals surface area contributed by atoms with Gasteiger partial charge in [0.15, 0.2) is 0 Å².